The lowest BCUT2D eigenvalue weighted by atomic mass is 9.80. The Kier molecular flexibility index (Phi) is 6.31. The number of piperidine rings is 2. The Morgan fingerprint density at radius 2 is 2.14 bits per heavy atom. The average molecular weight is 396 g/mol. The Morgan fingerprint density at radius 1 is 1.28 bits per heavy atom. The maximum absolute atomic E-state index is 12.6. The number of nitrogens with zero attached hydrogens (tertiary/aromatic N) is 3. The maximum Gasteiger partial charge on any atom is 0.222 e. The van der Waals surface area contributed by atoms with Crippen LogP contribution in [0.5, 0.6) is 0 Å². The van der Waals surface area contributed by atoms with Gasteiger partial charge in [-0.2, -0.15) is 5.10 Å². The van der Waals surface area contributed by atoms with Crippen LogP contribution in [0.1, 0.15) is 36.8 Å². The lowest BCUT2D eigenvalue weighted by Gasteiger charge is -2.41. The minimum absolute atomic E-state index is 0.212. The number of carbonyl (C=O) groups is 1. The lowest BCUT2D eigenvalue weighted by Crippen LogP contribution is -2.54. The molecule has 0 aliphatic carbocycles. The molecule has 1 amide bonds. The van der Waals surface area contributed by atoms with Crippen molar-refractivity contribution in [2.45, 2.75) is 45.2 Å². The molecule has 2 N–H and O–H groups in total. The van der Waals surface area contributed by atoms with Crippen LogP contribution in [0.2, 0.25) is 0 Å². The van der Waals surface area contributed by atoms with Crippen molar-refractivity contribution in [3.63, 3.8) is 0 Å². The first kappa shape index (κ1) is 20.1. The Hall–Kier alpha value is -2.18. The molecule has 4 rings (SSSR count). The summed E-state index contributed by atoms with van der Waals surface area (Å²) >= 11 is 0. The molecule has 2 aliphatic rings. The summed E-state index contributed by atoms with van der Waals surface area (Å²) in [7, 11) is 1.89. The van der Waals surface area contributed by atoms with Gasteiger partial charge in [-0.15, -0.1) is 0 Å². The molecule has 2 aromatic rings. The van der Waals surface area contributed by atoms with Gasteiger partial charge >= 0.3 is 0 Å². The molecule has 2 bridgehead atoms. The fourth-order valence-corrected chi connectivity index (χ4v) is 4.77. The first-order valence-electron chi connectivity index (χ1n) is 10.9. The van der Waals surface area contributed by atoms with Crippen molar-refractivity contribution in [1.82, 2.24) is 25.3 Å². The highest BCUT2D eigenvalue weighted by atomic mass is 16.2. The molecular weight excluding hydrogens is 362 g/mol. The third-order valence-electron chi connectivity index (χ3n) is 6.46. The van der Waals surface area contributed by atoms with E-state index in [0.29, 0.717) is 19.0 Å². The number of nitrogens with one attached hydrogen (secondary N) is 2. The highest BCUT2D eigenvalue weighted by molar-refractivity contribution is 5.75. The van der Waals surface area contributed by atoms with Gasteiger partial charge in [-0.05, 0) is 69.3 Å². The van der Waals surface area contributed by atoms with Crippen molar-refractivity contribution in [2.24, 2.45) is 11.8 Å². The van der Waals surface area contributed by atoms with Gasteiger partial charge < -0.3 is 15.5 Å². The Labute approximate surface area is 173 Å². The SMILES string of the molecule is Cc1ccccc1-n1cc(CN(C)C(=O)CCC[C@@H]2NC[C@@H]3CNC[C@H]2C3)cn1. The van der Waals surface area contributed by atoms with E-state index >= 15 is 0 Å². The van der Waals surface area contributed by atoms with Crippen LogP contribution in [-0.2, 0) is 11.3 Å². The van der Waals surface area contributed by atoms with Gasteiger partial charge in [-0.1, -0.05) is 18.2 Å². The molecule has 3 heterocycles. The van der Waals surface area contributed by atoms with E-state index in [-0.39, 0.29) is 5.91 Å². The first-order valence-corrected chi connectivity index (χ1v) is 10.9. The van der Waals surface area contributed by atoms with Crippen LogP contribution < -0.4 is 10.6 Å². The second-order valence-corrected chi connectivity index (χ2v) is 8.76. The molecule has 29 heavy (non-hydrogen) atoms. The summed E-state index contributed by atoms with van der Waals surface area (Å²) in [6, 6.07) is 8.75. The van der Waals surface area contributed by atoms with Gasteiger partial charge in [0.2, 0.25) is 5.91 Å². The van der Waals surface area contributed by atoms with Crippen LogP contribution in [0.15, 0.2) is 36.7 Å². The second kappa shape index (κ2) is 9.09. The molecule has 156 valence electrons. The van der Waals surface area contributed by atoms with E-state index in [1.165, 1.54) is 12.0 Å². The van der Waals surface area contributed by atoms with E-state index in [2.05, 4.69) is 34.8 Å². The monoisotopic (exact) mass is 395 g/mol. The molecule has 0 unspecified atom stereocenters. The summed E-state index contributed by atoms with van der Waals surface area (Å²) in [5.74, 6) is 1.73. The Morgan fingerprint density at radius 3 is 3.00 bits per heavy atom. The molecule has 0 radical (unpaired) electrons. The van der Waals surface area contributed by atoms with Crippen LogP contribution in [0.3, 0.4) is 0 Å². The number of carbonyl (C=O) groups excluding carboxylic acids is 1. The summed E-state index contributed by atoms with van der Waals surface area (Å²) in [5, 5.41) is 11.7. The van der Waals surface area contributed by atoms with Crippen molar-refractivity contribution >= 4 is 5.91 Å². The van der Waals surface area contributed by atoms with Crippen LogP contribution in [0.4, 0.5) is 0 Å². The highest BCUT2D eigenvalue weighted by Gasteiger charge is 2.32. The number of hydrogen-bond acceptors (Lipinski definition) is 4. The van der Waals surface area contributed by atoms with Gasteiger partial charge in [0.25, 0.3) is 0 Å². The fraction of sp³-hybridized carbons (Fsp3) is 0.565. The van der Waals surface area contributed by atoms with Gasteiger partial charge in [0.15, 0.2) is 0 Å². The zero-order chi connectivity index (χ0) is 20.2. The Bertz CT molecular complexity index is 832. The fourth-order valence-electron chi connectivity index (χ4n) is 4.77. The van der Waals surface area contributed by atoms with Crippen molar-refractivity contribution in [3.05, 3.63) is 47.8 Å². The summed E-state index contributed by atoms with van der Waals surface area (Å²) in [6.45, 7) is 6.07. The number of amides is 1. The van der Waals surface area contributed by atoms with Gasteiger partial charge in [0, 0.05) is 37.8 Å². The quantitative estimate of drug-likeness (QED) is 0.756. The van der Waals surface area contributed by atoms with Crippen LogP contribution in [0.25, 0.3) is 5.69 Å². The predicted octanol–water partition coefficient (Wildman–Crippen LogP) is 2.51. The molecule has 1 aromatic heterocycles. The highest BCUT2D eigenvalue weighted by Crippen LogP contribution is 2.26. The molecule has 0 saturated carbocycles. The first-order chi connectivity index (χ1) is 14.1. The van der Waals surface area contributed by atoms with Crippen LogP contribution in [-0.4, -0.2) is 53.3 Å². The number of rotatable bonds is 7. The number of aromatic nitrogens is 2. The van der Waals surface area contributed by atoms with Crippen molar-refractivity contribution in [1.29, 1.82) is 0 Å². The largest absolute Gasteiger partial charge is 0.341 e. The molecule has 0 spiro atoms. The van der Waals surface area contributed by atoms with E-state index < -0.39 is 0 Å². The van der Waals surface area contributed by atoms with Crippen molar-refractivity contribution in [3.8, 4) is 5.69 Å². The van der Waals surface area contributed by atoms with Crippen molar-refractivity contribution in [2.75, 3.05) is 26.7 Å². The number of fused-ring (bicyclic) bond motifs is 2. The van der Waals surface area contributed by atoms with Gasteiger partial charge in [0.05, 0.1) is 11.9 Å². The number of benzene rings is 1. The molecule has 1 aromatic carbocycles. The normalized spacial score (nSPS) is 23.7. The topological polar surface area (TPSA) is 62.2 Å². The molecule has 3 atom stereocenters. The van der Waals surface area contributed by atoms with Gasteiger partial charge in [-0.3, -0.25) is 4.79 Å². The van der Waals surface area contributed by atoms with Gasteiger partial charge in [0.1, 0.15) is 0 Å². The molecule has 6 heteroatoms. The summed E-state index contributed by atoms with van der Waals surface area (Å²) in [5.41, 5.74) is 3.31. The van der Waals surface area contributed by atoms with E-state index in [1.807, 2.05) is 41.2 Å². The van der Waals surface area contributed by atoms with E-state index in [0.717, 1.165) is 55.6 Å². The number of hydrogen-bond donors (Lipinski definition) is 2. The van der Waals surface area contributed by atoms with E-state index in [1.54, 1.807) is 0 Å². The van der Waals surface area contributed by atoms with E-state index in [9.17, 15) is 4.79 Å². The molecular formula is C23H33N5O. The number of aryl methyl sites for hydroxylation is 1. The molecule has 2 saturated heterocycles. The third kappa shape index (κ3) is 4.87. The van der Waals surface area contributed by atoms with E-state index in [4.69, 9.17) is 0 Å². The lowest BCUT2D eigenvalue weighted by molar-refractivity contribution is -0.130. The molecule has 6 nitrogen and oxygen atoms in total. The second-order valence-electron chi connectivity index (χ2n) is 8.76. The van der Waals surface area contributed by atoms with Crippen molar-refractivity contribution < 1.29 is 4.79 Å². The van der Waals surface area contributed by atoms with Crippen LogP contribution in [0, 0.1) is 18.8 Å². The smallest absolute Gasteiger partial charge is 0.222 e. The summed E-state index contributed by atoms with van der Waals surface area (Å²) < 4.78 is 1.89. The number of para-hydroxylation sites is 1. The maximum atomic E-state index is 12.6. The zero-order valence-corrected chi connectivity index (χ0v) is 17.6. The Balaban J connectivity index is 1.24. The summed E-state index contributed by atoms with van der Waals surface area (Å²) in [6.07, 6.45) is 7.86. The summed E-state index contributed by atoms with van der Waals surface area (Å²) in [4.78, 5) is 14.4. The zero-order valence-electron chi connectivity index (χ0n) is 17.6. The molecule has 2 aliphatic heterocycles. The minimum Gasteiger partial charge on any atom is -0.341 e. The minimum atomic E-state index is 0.212. The third-order valence-corrected chi connectivity index (χ3v) is 6.46. The van der Waals surface area contributed by atoms with Gasteiger partial charge in [-0.25, -0.2) is 4.68 Å². The standard InChI is InChI=1S/C23H33N5O/c1-17-6-3-4-8-22(17)28-16-19(13-26-28)15-27(2)23(29)9-5-7-21-20-10-18(12-25-21)11-24-14-20/h3-4,6,8,13,16,18,20-21,24-25H,5,7,9-12,14-15H2,1-2H3/t18-,20+,21-/m0/s1. The average Bonchev–Trinajstić information content (AvgIpc) is 3.18. The predicted molar refractivity (Wildman–Crippen MR) is 115 cm³/mol. The van der Waals surface area contributed by atoms with Crippen LogP contribution >= 0.6 is 0 Å². The molecule has 2 fully saturated rings.